The monoisotopic (exact) mass is 875 g/mol. The first-order valence-corrected chi connectivity index (χ1v) is 23.3. The van der Waals surface area contributed by atoms with Gasteiger partial charge in [0.05, 0.1) is 16.3 Å². The van der Waals surface area contributed by atoms with Gasteiger partial charge in [-0.2, -0.15) is 14.4 Å². The Morgan fingerprint density at radius 2 is 1.60 bits per heavy atom. The molecule has 0 bridgehead atoms. The third-order valence-electron chi connectivity index (χ3n) is 11.2. The largest absolute Gasteiger partial charge is 0.370 e. The fourth-order valence-corrected chi connectivity index (χ4v) is 9.25. The van der Waals surface area contributed by atoms with Crippen molar-refractivity contribution in [2.75, 3.05) is 32.7 Å². The molecule has 336 valence electrons. The second-order valence-corrected chi connectivity index (χ2v) is 20.1. The van der Waals surface area contributed by atoms with Gasteiger partial charge in [-0.05, 0) is 105 Å². The van der Waals surface area contributed by atoms with Crippen molar-refractivity contribution in [1.29, 1.82) is 0 Å². The molecular weight excluding hydrogens is 811 g/mol. The lowest BCUT2D eigenvalue weighted by atomic mass is 9.87. The maximum Gasteiger partial charge on any atom is 0.354 e. The van der Waals surface area contributed by atoms with Crippen LogP contribution in [0, 0.1) is 0 Å². The van der Waals surface area contributed by atoms with E-state index < -0.39 is 10.0 Å². The van der Waals surface area contributed by atoms with Crippen molar-refractivity contribution >= 4 is 27.0 Å². The van der Waals surface area contributed by atoms with Crippen molar-refractivity contribution in [3.05, 3.63) is 130 Å². The molecule has 1 saturated heterocycles. The first-order chi connectivity index (χ1) is 30.0. The summed E-state index contributed by atoms with van der Waals surface area (Å²) in [6.45, 7) is 17.1. The highest BCUT2D eigenvalue weighted by atomic mass is 32.2. The van der Waals surface area contributed by atoms with Crippen LogP contribution in [-0.4, -0.2) is 82.2 Å². The molecule has 3 aromatic heterocycles. The topological polar surface area (TPSA) is 205 Å². The van der Waals surface area contributed by atoms with Crippen molar-refractivity contribution in [3.8, 4) is 16.9 Å². The van der Waals surface area contributed by atoms with Crippen molar-refractivity contribution in [3.63, 3.8) is 0 Å². The quantitative estimate of drug-likeness (QED) is 0.0377. The lowest BCUT2D eigenvalue weighted by Crippen LogP contribution is -2.46. The number of aromatic nitrogens is 5. The predicted molar refractivity (Wildman–Crippen MR) is 255 cm³/mol. The molecule has 1 aliphatic rings. The molecule has 0 aliphatic carbocycles. The van der Waals surface area contributed by atoms with Gasteiger partial charge in [0.25, 0.3) is 0 Å². The van der Waals surface area contributed by atoms with Crippen molar-refractivity contribution in [1.82, 2.24) is 39.7 Å². The highest BCUT2D eigenvalue weighted by Crippen LogP contribution is 2.28. The van der Waals surface area contributed by atoms with Crippen LogP contribution in [0.15, 0.2) is 112 Å². The zero-order valence-electron chi connectivity index (χ0n) is 37.6. The van der Waals surface area contributed by atoms with Crippen molar-refractivity contribution in [2.24, 2.45) is 16.5 Å². The van der Waals surface area contributed by atoms with Gasteiger partial charge >= 0.3 is 5.69 Å². The average molecular weight is 876 g/mol. The fourth-order valence-electron chi connectivity index (χ4n) is 7.53. The molecule has 0 spiro atoms. The van der Waals surface area contributed by atoms with Crippen LogP contribution in [0.4, 0.5) is 0 Å². The molecular formula is C48H65N11O3S. The molecule has 0 saturated carbocycles. The number of rotatable bonds is 15. The number of nitrogens with zero attached hydrogens (tertiary/aromatic N) is 5. The number of fused-ring (bicyclic) bond motifs is 1. The number of nitrogens with one attached hydrogen (secondary N) is 4. The van der Waals surface area contributed by atoms with Crippen LogP contribution in [0.25, 0.3) is 28.0 Å². The maximum atomic E-state index is 13.7. The van der Waals surface area contributed by atoms with Crippen LogP contribution in [-0.2, 0) is 33.8 Å². The first kappa shape index (κ1) is 46.9. The molecule has 15 heteroatoms. The number of aliphatic imine (C=N–C) groups is 1. The molecule has 14 nitrogen and oxygen atoms in total. The second kappa shape index (κ2) is 20.7. The highest BCUT2D eigenvalue weighted by molar-refractivity contribution is 7.89. The number of nitrogens with two attached hydrogens (primary N) is 2. The van der Waals surface area contributed by atoms with E-state index in [0.29, 0.717) is 23.6 Å². The number of hydrogen-bond acceptors (Lipinski definition) is 8. The van der Waals surface area contributed by atoms with Crippen LogP contribution in [0.3, 0.4) is 0 Å². The number of guanidine groups is 1. The second-order valence-electron chi connectivity index (χ2n) is 18.3. The molecule has 1 fully saturated rings. The van der Waals surface area contributed by atoms with Gasteiger partial charge in [0, 0.05) is 59.6 Å². The molecule has 6 aromatic rings. The zero-order valence-corrected chi connectivity index (χ0v) is 38.4. The van der Waals surface area contributed by atoms with Crippen molar-refractivity contribution < 1.29 is 8.42 Å². The van der Waals surface area contributed by atoms with Crippen LogP contribution in [0.5, 0.6) is 0 Å². The lowest BCUT2D eigenvalue weighted by Gasteiger charge is -2.34. The summed E-state index contributed by atoms with van der Waals surface area (Å²) in [6, 6.07) is 29.5. The van der Waals surface area contributed by atoms with E-state index in [1.165, 1.54) is 0 Å². The summed E-state index contributed by atoms with van der Waals surface area (Å²) in [5.41, 5.74) is 18.0. The van der Waals surface area contributed by atoms with Crippen LogP contribution >= 0.6 is 0 Å². The third kappa shape index (κ3) is 12.7. The number of benzene rings is 3. The molecule has 0 radical (unpaired) electrons. The highest BCUT2D eigenvalue weighted by Gasteiger charge is 2.32. The molecule has 63 heavy (non-hydrogen) atoms. The third-order valence-corrected chi connectivity index (χ3v) is 13.2. The molecule has 3 aromatic carbocycles. The summed E-state index contributed by atoms with van der Waals surface area (Å²) in [4.78, 5) is 24.3. The average Bonchev–Trinajstić information content (AvgIpc) is 3.92. The number of H-pyrrole nitrogens is 2. The number of aryl methyl sites for hydroxylation is 1. The van der Waals surface area contributed by atoms with Gasteiger partial charge in [-0.25, -0.2) is 13.2 Å². The molecule has 1 aliphatic heterocycles. The van der Waals surface area contributed by atoms with Gasteiger partial charge in [-0.1, -0.05) is 96.1 Å². The van der Waals surface area contributed by atoms with E-state index in [2.05, 4.69) is 89.5 Å². The van der Waals surface area contributed by atoms with Crippen LogP contribution < -0.4 is 27.8 Å². The number of sulfonamides is 1. The molecule has 7 rings (SSSR count). The van der Waals surface area contributed by atoms with E-state index in [-0.39, 0.29) is 28.5 Å². The minimum Gasteiger partial charge on any atom is -0.370 e. The molecule has 0 atom stereocenters. The van der Waals surface area contributed by atoms with Crippen LogP contribution in [0.2, 0.25) is 0 Å². The fraction of sp³-hybridized carbons (Fsp3) is 0.417. The number of piperidine rings is 1. The Hall–Kier alpha value is -5.61. The zero-order chi connectivity index (χ0) is 45.2. The summed E-state index contributed by atoms with van der Waals surface area (Å²) in [7, 11) is -3.58. The van der Waals surface area contributed by atoms with Gasteiger partial charge < -0.3 is 27.1 Å². The first-order valence-electron chi connectivity index (χ1n) is 21.9. The van der Waals surface area contributed by atoms with Crippen LogP contribution in [0.1, 0.15) is 89.7 Å². The van der Waals surface area contributed by atoms with Gasteiger partial charge in [0.2, 0.25) is 10.0 Å². The smallest absolute Gasteiger partial charge is 0.354 e. The Bertz CT molecular complexity index is 2580. The molecule has 8 N–H and O–H groups in total. The van der Waals surface area contributed by atoms with E-state index >= 15 is 0 Å². The molecule has 0 amide bonds. The Kier molecular flexibility index (Phi) is 15.4. The number of hydrogen-bond donors (Lipinski definition) is 6. The van der Waals surface area contributed by atoms with E-state index in [0.717, 1.165) is 103 Å². The Morgan fingerprint density at radius 1 is 0.905 bits per heavy atom. The Morgan fingerprint density at radius 3 is 2.25 bits per heavy atom. The summed E-state index contributed by atoms with van der Waals surface area (Å²) >= 11 is 0. The minimum atomic E-state index is -3.58. The number of aromatic amines is 2. The summed E-state index contributed by atoms with van der Waals surface area (Å²) in [5.74, 6) is 0.123. The standard InChI is InChI=1S/C27H36N4O2S.C21H29N7O/c1-27(2,3)22-11-13-25(14-12-22)34(32,33)31(24-15-17-28-18-16-24)19-7-10-23-20-26(30-29-23)21-8-5-4-6-9-21;1-21(2,3)17-11-15-13-28(20(29)27-18(15)26-17)16-7-5-14(6-8-16)12-24-9-4-10-25-19(22)23/h4-6,8-9,11-14,20,24,28H,7,10,15-19H2,1-3H3,(H,29,30);5-8,11,13,24H,4,9-10,12H2,1-3H3,(H4,22,23,25)(H,26,27,29). The van der Waals surface area contributed by atoms with Gasteiger partial charge in [0.15, 0.2) is 5.96 Å². The van der Waals surface area contributed by atoms with E-state index in [4.69, 9.17) is 11.5 Å². The Labute approximate surface area is 372 Å². The normalized spacial score (nSPS) is 13.8. The SMILES string of the molecule is CC(C)(C)c1cc2cn(-c3ccc(CNCCCN=C(N)N)cc3)c(=O)nc2[nH]1.CC(C)(C)c1ccc(S(=O)(=O)N(CCCc2cc(-c3ccccc3)n[nH]2)C2CCNCC2)cc1. The predicted octanol–water partition coefficient (Wildman–Crippen LogP) is 6.51. The maximum absolute atomic E-state index is 13.7. The molecule has 4 heterocycles. The molecule has 0 unspecified atom stereocenters. The van der Waals surface area contributed by atoms with Crippen molar-refractivity contribution in [2.45, 2.75) is 102 Å². The lowest BCUT2D eigenvalue weighted by molar-refractivity contribution is 0.260. The van der Waals surface area contributed by atoms with E-state index in [1.807, 2.05) is 72.9 Å². The van der Waals surface area contributed by atoms with Gasteiger partial charge in [-0.3, -0.25) is 14.7 Å². The Balaban J connectivity index is 0.000000213. The summed E-state index contributed by atoms with van der Waals surface area (Å²) in [6.07, 6.45) is 5.86. The van der Waals surface area contributed by atoms with Gasteiger partial charge in [0.1, 0.15) is 5.65 Å². The van der Waals surface area contributed by atoms with E-state index in [9.17, 15) is 13.2 Å². The minimum absolute atomic E-state index is 0.0142. The summed E-state index contributed by atoms with van der Waals surface area (Å²) in [5, 5.41) is 15.2. The van der Waals surface area contributed by atoms with E-state index in [1.54, 1.807) is 21.0 Å². The van der Waals surface area contributed by atoms with Gasteiger partial charge in [-0.15, -0.1) is 0 Å². The summed E-state index contributed by atoms with van der Waals surface area (Å²) < 4.78 is 30.7.